The lowest BCUT2D eigenvalue weighted by atomic mass is 10.1. The average Bonchev–Trinajstić information content (AvgIpc) is 2.67. The van der Waals surface area contributed by atoms with E-state index in [0.717, 1.165) is 5.56 Å². The minimum Gasteiger partial charge on any atom is -0.497 e. The van der Waals surface area contributed by atoms with Crippen molar-refractivity contribution in [3.05, 3.63) is 59.7 Å². The SMILES string of the molecule is COc1cc(OC)cc(C(=O)NCCS(=O)(=O)N[C@@H](C)c2ccccc2)c1. The van der Waals surface area contributed by atoms with E-state index in [4.69, 9.17) is 9.47 Å². The van der Waals surface area contributed by atoms with Gasteiger partial charge in [-0.15, -0.1) is 0 Å². The Labute approximate surface area is 159 Å². The van der Waals surface area contributed by atoms with Gasteiger partial charge in [0.1, 0.15) is 11.5 Å². The molecule has 0 aliphatic heterocycles. The standard InChI is InChI=1S/C19H24N2O5S/c1-14(15-7-5-4-6-8-15)21-27(23,24)10-9-20-19(22)16-11-17(25-2)13-18(12-16)26-3/h4-8,11-14,21H,9-10H2,1-3H3,(H,20,22)/t14-/m0/s1. The lowest BCUT2D eigenvalue weighted by Crippen LogP contribution is -2.35. The Morgan fingerprint density at radius 2 is 1.63 bits per heavy atom. The van der Waals surface area contributed by atoms with Crippen molar-refractivity contribution in [2.75, 3.05) is 26.5 Å². The first-order chi connectivity index (χ1) is 12.8. The van der Waals surface area contributed by atoms with Crippen LogP contribution in [0.4, 0.5) is 0 Å². The Kier molecular flexibility index (Phi) is 7.20. The smallest absolute Gasteiger partial charge is 0.251 e. The average molecular weight is 392 g/mol. The molecule has 27 heavy (non-hydrogen) atoms. The van der Waals surface area contributed by atoms with E-state index in [2.05, 4.69) is 10.0 Å². The van der Waals surface area contributed by atoms with E-state index in [9.17, 15) is 13.2 Å². The van der Waals surface area contributed by atoms with E-state index in [-0.39, 0.29) is 18.3 Å². The summed E-state index contributed by atoms with van der Waals surface area (Å²) in [7, 11) is -0.569. The van der Waals surface area contributed by atoms with Crippen LogP contribution in [0.1, 0.15) is 28.9 Å². The van der Waals surface area contributed by atoms with Gasteiger partial charge in [-0.25, -0.2) is 13.1 Å². The van der Waals surface area contributed by atoms with Crippen molar-refractivity contribution < 1.29 is 22.7 Å². The molecule has 0 unspecified atom stereocenters. The molecule has 0 fully saturated rings. The fraction of sp³-hybridized carbons (Fsp3) is 0.316. The fourth-order valence-corrected chi connectivity index (χ4v) is 3.64. The van der Waals surface area contributed by atoms with Crippen molar-refractivity contribution in [3.63, 3.8) is 0 Å². The Balaban J connectivity index is 1.92. The van der Waals surface area contributed by atoms with Crippen molar-refractivity contribution in [2.24, 2.45) is 0 Å². The van der Waals surface area contributed by atoms with Crippen LogP contribution in [-0.4, -0.2) is 40.8 Å². The van der Waals surface area contributed by atoms with E-state index in [0.29, 0.717) is 17.1 Å². The fourth-order valence-electron chi connectivity index (χ4n) is 2.48. The maximum atomic E-state index is 12.3. The summed E-state index contributed by atoms with van der Waals surface area (Å²) in [6.07, 6.45) is 0. The largest absolute Gasteiger partial charge is 0.497 e. The Morgan fingerprint density at radius 1 is 1.04 bits per heavy atom. The van der Waals surface area contributed by atoms with Gasteiger partial charge in [0.15, 0.2) is 0 Å². The summed E-state index contributed by atoms with van der Waals surface area (Å²) in [5.41, 5.74) is 1.20. The normalized spacial score (nSPS) is 12.3. The molecule has 1 amide bonds. The molecule has 2 rings (SSSR count). The molecule has 8 heteroatoms. The van der Waals surface area contributed by atoms with Crippen molar-refractivity contribution >= 4 is 15.9 Å². The Bertz CT molecular complexity index is 847. The molecule has 2 aromatic rings. The van der Waals surface area contributed by atoms with Crippen LogP contribution in [0.25, 0.3) is 0 Å². The molecule has 1 atom stereocenters. The zero-order valence-corrected chi connectivity index (χ0v) is 16.4. The summed E-state index contributed by atoms with van der Waals surface area (Å²) < 4.78 is 37.3. The van der Waals surface area contributed by atoms with Crippen LogP contribution >= 0.6 is 0 Å². The zero-order chi connectivity index (χ0) is 19.9. The van der Waals surface area contributed by atoms with Crippen molar-refractivity contribution in [3.8, 4) is 11.5 Å². The highest BCUT2D eigenvalue weighted by Crippen LogP contribution is 2.22. The number of sulfonamides is 1. The molecule has 146 valence electrons. The zero-order valence-electron chi connectivity index (χ0n) is 15.6. The van der Waals surface area contributed by atoms with Crippen LogP contribution in [0.2, 0.25) is 0 Å². The van der Waals surface area contributed by atoms with Gasteiger partial charge < -0.3 is 14.8 Å². The molecule has 0 radical (unpaired) electrons. The first-order valence-corrected chi connectivity index (χ1v) is 10.1. The number of carbonyl (C=O) groups excluding carboxylic acids is 1. The number of nitrogens with one attached hydrogen (secondary N) is 2. The molecule has 2 N–H and O–H groups in total. The number of methoxy groups -OCH3 is 2. The first kappa shape index (κ1) is 20.7. The Morgan fingerprint density at radius 3 is 2.19 bits per heavy atom. The number of ether oxygens (including phenoxy) is 2. The molecule has 0 bridgehead atoms. The van der Waals surface area contributed by atoms with Crippen LogP contribution in [0.5, 0.6) is 11.5 Å². The van der Waals surface area contributed by atoms with Crippen LogP contribution in [-0.2, 0) is 10.0 Å². The highest BCUT2D eigenvalue weighted by atomic mass is 32.2. The Hall–Kier alpha value is -2.58. The van der Waals surface area contributed by atoms with Gasteiger partial charge in [0.25, 0.3) is 5.91 Å². The van der Waals surface area contributed by atoms with Gasteiger partial charge in [0.05, 0.1) is 20.0 Å². The minimum atomic E-state index is -3.55. The topological polar surface area (TPSA) is 93.7 Å². The van der Waals surface area contributed by atoms with Crippen LogP contribution < -0.4 is 19.5 Å². The number of hydrogen-bond donors (Lipinski definition) is 2. The molecule has 0 heterocycles. The van der Waals surface area contributed by atoms with Crippen molar-refractivity contribution in [1.82, 2.24) is 10.0 Å². The maximum absolute atomic E-state index is 12.3. The monoisotopic (exact) mass is 392 g/mol. The van der Waals surface area contributed by atoms with E-state index in [1.165, 1.54) is 14.2 Å². The summed E-state index contributed by atoms with van der Waals surface area (Å²) >= 11 is 0. The van der Waals surface area contributed by atoms with Gasteiger partial charge in [0, 0.05) is 24.2 Å². The molecule has 2 aromatic carbocycles. The van der Waals surface area contributed by atoms with Gasteiger partial charge >= 0.3 is 0 Å². The second-order valence-electron chi connectivity index (χ2n) is 5.93. The van der Waals surface area contributed by atoms with E-state index < -0.39 is 15.9 Å². The molecule has 0 saturated carbocycles. The van der Waals surface area contributed by atoms with E-state index in [1.54, 1.807) is 25.1 Å². The van der Waals surface area contributed by atoms with Gasteiger partial charge in [-0.05, 0) is 24.6 Å². The lowest BCUT2D eigenvalue weighted by Gasteiger charge is -2.15. The predicted octanol–water partition coefficient (Wildman–Crippen LogP) is 2.11. The summed E-state index contributed by atoms with van der Waals surface area (Å²) in [6.45, 7) is 1.75. The summed E-state index contributed by atoms with van der Waals surface area (Å²) in [6, 6.07) is 13.7. The molecule has 0 saturated heterocycles. The van der Waals surface area contributed by atoms with Crippen LogP contribution in [0, 0.1) is 0 Å². The van der Waals surface area contributed by atoms with Gasteiger partial charge in [0.2, 0.25) is 10.0 Å². The van der Waals surface area contributed by atoms with Gasteiger partial charge in [-0.3, -0.25) is 4.79 Å². The summed E-state index contributed by atoms with van der Waals surface area (Å²) in [5, 5.41) is 2.60. The van der Waals surface area contributed by atoms with Gasteiger partial charge in [-0.2, -0.15) is 0 Å². The summed E-state index contributed by atoms with van der Waals surface area (Å²) in [5.74, 6) is 0.325. The molecule has 7 nitrogen and oxygen atoms in total. The summed E-state index contributed by atoms with van der Waals surface area (Å²) in [4.78, 5) is 12.3. The van der Waals surface area contributed by atoms with E-state index >= 15 is 0 Å². The number of benzene rings is 2. The molecule has 0 aromatic heterocycles. The van der Waals surface area contributed by atoms with Gasteiger partial charge in [-0.1, -0.05) is 30.3 Å². The highest BCUT2D eigenvalue weighted by Gasteiger charge is 2.16. The second-order valence-corrected chi connectivity index (χ2v) is 7.80. The quantitative estimate of drug-likeness (QED) is 0.682. The molecule has 0 aliphatic rings. The minimum absolute atomic E-state index is 0.0186. The first-order valence-electron chi connectivity index (χ1n) is 8.41. The highest BCUT2D eigenvalue weighted by molar-refractivity contribution is 7.89. The van der Waals surface area contributed by atoms with Crippen LogP contribution in [0.15, 0.2) is 48.5 Å². The van der Waals surface area contributed by atoms with Crippen LogP contribution in [0.3, 0.4) is 0 Å². The van der Waals surface area contributed by atoms with E-state index in [1.807, 2.05) is 30.3 Å². The second kappa shape index (κ2) is 9.38. The van der Waals surface area contributed by atoms with Crippen molar-refractivity contribution in [2.45, 2.75) is 13.0 Å². The lowest BCUT2D eigenvalue weighted by molar-refractivity contribution is 0.0955. The number of carbonyl (C=O) groups is 1. The maximum Gasteiger partial charge on any atom is 0.251 e. The third-order valence-corrected chi connectivity index (χ3v) is 5.38. The number of amides is 1. The number of hydrogen-bond acceptors (Lipinski definition) is 5. The molecular weight excluding hydrogens is 368 g/mol. The molecule has 0 spiro atoms. The number of rotatable bonds is 9. The third kappa shape index (κ3) is 6.26. The van der Waals surface area contributed by atoms with Crippen molar-refractivity contribution in [1.29, 1.82) is 0 Å². The third-order valence-electron chi connectivity index (χ3n) is 3.93. The predicted molar refractivity (Wildman–Crippen MR) is 104 cm³/mol. The molecular formula is C19H24N2O5S. The molecule has 0 aliphatic carbocycles.